The first kappa shape index (κ1) is 25.5. The second kappa shape index (κ2) is 11.4. The molecule has 1 saturated heterocycles. The molecule has 1 atom stereocenters. The first-order valence-electron chi connectivity index (χ1n) is 12.1. The second-order valence-electron chi connectivity index (χ2n) is 9.08. The fourth-order valence-electron chi connectivity index (χ4n) is 4.75. The molecule has 35 heavy (non-hydrogen) atoms. The lowest BCUT2D eigenvalue weighted by atomic mass is 9.90. The van der Waals surface area contributed by atoms with Gasteiger partial charge in [0.1, 0.15) is 0 Å². The van der Waals surface area contributed by atoms with E-state index in [-0.39, 0.29) is 12.3 Å². The van der Waals surface area contributed by atoms with Crippen molar-refractivity contribution in [1.29, 1.82) is 0 Å². The minimum absolute atomic E-state index is 0.0367. The first-order chi connectivity index (χ1) is 16.9. The van der Waals surface area contributed by atoms with Crippen LogP contribution in [0.5, 0.6) is 0 Å². The van der Waals surface area contributed by atoms with Gasteiger partial charge in [-0.15, -0.1) is 0 Å². The van der Waals surface area contributed by atoms with Gasteiger partial charge in [-0.1, -0.05) is 35.5 Å². The number of rotatable bonds is 8. The molecule has 0 aliphatic carbocycles. The molecule has 1 aromatic carbocycles. The van der Waals surface area contributed by atoms with Crippen LogP contribution in [0.15, 0.2) is 45.6 Å². The van der Waals surface area contributed by atoms with Crippen LogP contribution in [0, 0.1) is 13.8 Å². The van der Waals surface area contributed by atoms with Crippen molar-refractivity contribution in [3.63, 3.8) is 0 Å². The molecule has 1 fully saturated rings. The number of carbonyl (C=O) groups is 2. The Labute approximate surface area is 211 Å². The van der Waals surface area contributed by atoms with E-state index in [1.807, 2.05) is 37.1 Å². The molecule has 3 aliphatic rings. The number of aryl methyl sites for hydroxylation is 2. The highest BCUT2D eigenvalue weighted by Gasteiger charge is 2.41. The largest absolute Gasteiger partial charge is 0.466 e. The van der Waals surface area contributed by atoms with E-state index in [1.54, 1.807) is 0 Å². The lowest BCUT2D eigenvalue weighted by Crippen LogP contribution is -2.39. The molecule has 8 nitrogen and oxygen atoms in total. The average molecular weight is 499 g/mol. The van der Waals surface area contributed by atoms with Gasteiger partial charge < -0.3 is 19.7 Å². The zero-order chi connectivity index (χ0) is 24.9. The van der Waals surface area contributed by atoms with Crippen molar-refractivity contribution < 1.29 is 19.1 Å². The maximum absolute atomic E-state index is 12.9. The lowest BCUT2D eigenvalue weighted by molar-refractivity contribution is -0.136. The van der Waals surface area contributed by atoms with Gasteiger partial charge in [0.05, 0.1) is 44.1 Å². The highest BCUT2D eigenvalue weighted by Crippen LogP contribution is 2.45. The average Bonchev–Trinajstić information content (AvgIpc) is 3.23. The van der Waals surface area contributed by atoms with Gasteiger partial charge in [-0.05, 0) is 50.3 Å². The van der Waals surface area contributed by atoms with Crippen molar-refractivity contribution in [2.45, 2.75) is 39.7 Å². The minimum Gasteiger partial charge on any atom is -0.466 e. The van der Waals surface area contributed by atoms with Crippen molar-refractivity contribution >= 4 is 28.8 Å². The molecule has 3 heterocycles. The van der Waals surface area contributed by atoms with Crippen LogP contribution in [0.3, 0.4) is 0 Å². The van der Waals surface area contributed by atoms with E-state index in [0.717, 1.165) is 66.8 Å². The van der Waals surface area contributed by atoms with Crippen LogP contribution in [0.2, 0.25) is 0 Å². The Morgan fingerprint density at radius 1 is 1.23 bits per heavy atom. The van der Waals surface area contributed by atoms with E-state index in [9.17, 15) is 9.59 Å². The normalized spacial score (nSPS) is 20.3. The van der Waals surface area contributed by atoms with E-state index in [2.05, 4.69) is 27.3 Å². The highest BCUT2D eigenvalue weighted by molar-refractivity contribution is 8.16. The summed E-state index contributed by atoms with van der Waals surface area (Å²) >= 11 is 1.49. The second-order valence-corrected chi connectivity index (χ2v) is 9.92. The number of thioether (sulfide) groups is 1. The zero-order valence-electron chi connectivity index (χ0n) is 20.9. The number of aliphatic imine (C=N–C) groups is 1. The van der Waals surface area contributed by atoms with Crippen LogP contribution in [-0.4, -0.2) is 73.3 Å². The molecule has 3 aliphatic heterocycles. The molecule has 1 N–H and O–H groups in total. The van der Waals surface area contributed by atoms with Crippen molar-refractivity contribution in [2.24, 2.45) is 4.99 Å². The molecule has 188 valence electrons. The quantitative estimate of drug-likeness (QED) is 0.435. The van der Waals surface area contributed by atoms with Crippen LogP contribution in [0.1, 0.15) is 42.5 Å². The molecule has 4 rings (SSSR count). The molecule has 0 radical (unpaired) electrons. The summed E-state index contributed by atoms with van der Waals surface area (Å²) in [6.07, 6.45) is 1.12. The van der Waals surface area contributed by atoms with Gasteiger partial charge in [0.15, 0.2) is 5.17 Å². The molecule has 0 aromatic heterocycles. The molecule has 1 amide bonds. The van der Waals surface area contributed by atoms with Gasteiger partial charge in [-0.25, -0.2) is 9.79 Å². The van der Waals surface area contributed by atoms with E-state index < -0.39 is 12.0 Å². The van der Waals surface area contributed by atoms with Crippen molar-refractivity contribution in [2.75, 3.05) is 46.5 Å². The van der Waals surface area contributed by atoms with Gasteiger partial charge in [0, 0.05) is 25.3 Å². The number of methoxy groups -OCH3 is 1. The Balaban J connectivity index is 1.48. The number of amides is 1. The number of carbonyl (C=O) groups excluding carboxylic acids is 2. The summed E-state index contributed by atoms with van der Waals surface area (Å²) in [5.41, 5.74) is 5.21. The predicted octanol–water partition coefficient (Wildman–Crippen LogP) is 3.28. The number of nitrogens with one attached hydrogen (secondary N) is 1. The Morgan fingerprint density at radius 3 is 2.71 bits per heavy atom. The molecular weight excluding hydrogens is 464 g/mol. The molecule has 0 bridgehead atoms. The van der Waals surface area contributed by atoms with Crippen LogP contribution in [0.4, 0.5) is 0 Å². The summed E-state index contributed by atoms with van der Waals surface area (Å²) in [6, 6.07) is 5.82. The maximum Gasteiger partial charge on any atom is 0.338 e. The fraction of sp³-hybridized carbons (Fsp3) is 0.500. The summed E-state index contributed by atoms with van der Waals surface area (Å²) in [5.74, 6) is -0.440. The van der Waals surface area contributed by atoms with Crippen LogP contribution in [0.25, 0.3) is 0 Å². The number of nitrogens with zero attached hydrogens (tertiary/aromatic N) is 3. The Kier molecular flexibility index (Phi) is 8.30. The summed E-state index contributed by atoms with van der Waals surface area (Å²) in [7, 11) is 1.39. The topological polar surface area (TPSA) is 83.5 Å². The fourth-order valence-corrected chi connectivity index (χ4v) is 5.71. The van der Waals surface area contributed by atoms with Crippen LogP contribution in [-0.2, 0) is 19.1 Å². The third-order valence-electron chi connectivity index (χ3n) is 6.54. The molecular formula is C26H34N4O4S. The third-order valence-corrected chi connectivity index (χ3v) is 7.43. The highest BCUT2D eigenvalue weighted by atomic mass is 32.2. The number of esters is 1. The van der Waals surface area contributed by atoms with Crippen molar-refractivity contribution in [3.05, 3.63) is 57.3 Å². The Hall–Kier alpha value is -2.62. The SMILES string of the molecule is COC(=O)C1=C(C)N=C2SC=C(CC(=O)NCCCN3CCOCC3)N2C1c1ccc(C)cc1C. The van der Waals surface area contributed by atoms with Gasteiger partial charge in [0.2, 0.25) is 5.91 Å². The zero-order valence-corrected chi connectivity index (χ0v) is 21.7. The van der Waals surface area contributed by atoms with Crippen molar-refractivity contribution in [1.82, 2.24) is 15.1 Å². The maximum atomic E-state index is 12.9. The summed E-state index contributed by atoms with van der Waals surface area (Å²) in [5, 5.41) is 5.80. The van der Waals surface area contributed by atoms with Gasteiger partial charge in [-0.2, -0.15) is 0 Å². The molecule has 9 heteroatoms. The number of allylic oxidation sites excluding steroid dienone is 1. The van der Waals surface area contributed by atoms with Crippen molar-refractivity contribution in [3.8, 4) is 0 Å². The predicted molar refractivity (Wildman–Crippen MR) is 138 cm³/mol. The van der Waals surface area contributed by atoms with Gasteiger partial charge in [0.25, 0.3) is 0 Å². The number of ether oxygens (including phenoxy) is 2. The number of morpholine rings is 1. The molecule has 0 saturated carbocycles. The number of amidine groups is 1. The Bertz CT molecular complexity index is 1080. The van der Waals surface area contributed by atoms with E-state index in [1.165, 1.54) is 18.9 Å². The first-order valence-corrected chi connectivity index (χ1v) is 12.9. The smallest absolute Gasteiger partial charge is 0.338 e. The van der Waals surface area contributed by atoms with Gasteiger partial charge in [-0.3, -0.25) is 9.69 Å². The Morgan fingerprint density at radius 2 is 2.00 bits per heavy atom. The summed E-state index contributed by atoms with van der Waals surface area (Å²) in [4.78, 5) is 34.8. The number of hydrogen-bond acceptors (Lipinski definition) is 8. The van der Waals surface area contributed by atoms with E-state index in [4.69, 9.17) is 9.47 Å². The van der Waals surface area contributed by atoms with Gasteiger partial charge >= 0.3 is 5.97 Å². The number of hydrogen-bond donors (Lipinski definition) is 1. The summed E-state index contributed by atoms with van der Waals surface area (Å²) in [6.45, 7) is 11.0. The number of fused-ring (bicyclic) bond motifs is 1. The molecule has 1 unspecified atom stereocenters. The molecule has 1 aromatic rings. The molecule has 0 spiro atoms. The third kappa shape index (κ3) is 5.79. The number of benzene rings is 1. The van der Waals surface area contributed by atoms with Crippen LogP contribution >= 0.6 is 11.8 Å². The van der Waals surface area contributed by atoms with E-state index >= 15 is 0 Å². The summed E-state index contributed by atoms with van der Waals surface area (Å²) < 4.78 is 10.5. The minimum atomic E-state index is -0.404. The standard InChI is InChI=1S/C26H34N4O4S/c1-17-6-7-21(18(2)14-17)24-23(25(32)33-4)19(3)28-26-30(24)20(16-35-26)15-22(31)27-8-5-9-29-10-12-34-13-11-29/h6-7,14,16,24H,5,8-13,15H2,1-4H3,(H,27,31). The van der Waals surface area contributed by atoms with Crippen LogP contribution < -0.4 is 5.32 Å². The van der Waals surface area contributed by atoms with E-state index in [0.29, 0.717) is 17.8 Å². The lowest BCUT2D eigenvalue weighted by Gasteiger charge is -2.37. The monoisotopic (exact) mass is 498 g/mol.